The van der Waals surface area contributed by atoms with Crippen LogP contribution in [0.1, 0.15) is 28.8 Å². The molecule has 5 heteroatoms. The fourth-order valence-corrected chi connectivity index (χ4v) is 2.58. The third-order valence-corrected chi connectivity index (χ3v) is 3.92. The zero-order valence-corrected chi connectivity index (χ0v) is 13.3. The second-order valence-electron chi connectivity index (χ2n) is 5.78. The van der Waals surface area contributed by atoms with E-state index in [-0.39, 0.29) is 17.8 Å². The van der Waals surface area contributed by atoms with Crippen LogP contribution in [-0.4, -0.2) is 25.2 Å². The summed E-state index contributed by atoms with van der Waals surface area (Å²) < 4.78 is 24.1. The summed E-state index contributed by atoms with van der Waals surface area (Å²) in [5.41, 5.74) is 1.37. The molecule has 3 rings (SSSR count). The van der Waals surface area contributed by atoms with E-state index in [1.54, 1.807) is 30.3 Å². The van der Waals surface area contributed by atoms with Gasteiger partial charge in [0.15, 0.2) is 0 Å². The Bertz CT molecular complexity index is 681. The van der Waals surface area contributed by atoms with E-state index in [1.165, 1.54) is 12.1 Å². The largest absolute Gasteiger partial charge is 0.491 e. The Morgan fingerprint density at radius 1 is 1.25 bits per heavy atom. The van der Waals surface area contributed by atoms with E-state index < -0.39 is 0 Å². The number of benzene rings is 2. The molecule has 2 aromatic carbocycles. The van der Waals surface area contributed by atoms with Crippen LogP contribution in [0.15, 0.2) is 48.5 Å². The standard InChI is InChI=1S/C19H20FNO3/c20-16-8-6-14(7-9-16)12-21-19(22)15-3-1-4-17(11-15)24-13-18-5-2-10-23-18/h1,3-4,6-9,11,18H,2,5,10,12-13H2,(H,21,22). The molecule has 1 atom stereocenters. The molecule has 2 aromatic rings. The molecule has 1 aliphatic heterocycles. The molecule has 1 saturated heterocycles. The summed E-state index contributed by atoms with van der Waals surface area (Å²) in [6.07, 6.45) is 2.22. The second kappa shape index (κ2) is 7.93. The number of rotatable bonds is 6. The molecule has 126 valence electrons. The van der Waals surface area contributed by atoms with Gasteiger partial charge in [-0.2, -0.15) is 0 Å². The molecule has 1 amide bonds. The molecule has 0 radical (unpaired) electrons. The van der Waals surface area contributed by atoms with Gasteiger partial charge >= 0.3 is 0 Å². The molecular formula is C19H20FNO3. The lowest BCUT2D eigenvalue weighted by Crippen LogP contribution is -2.23. The molecule has 0 saturated carbocycles. The summed E-state index contributed by atoms with van der Waals surface area (Å²) in [4.78, 5) is 12.2. The first-order valence-electron chi connectivity index (χ1n) is 8.08. The number of hydrogen-bond donors (Lipinski definition) is 1. The van der Waals surface area contributed by atoms with Crippen molar-refractivity contribution in [2.24, 2.45) is 0 Å². The van der Waals surface area contributed by atoms with Gasteiger partial charge in [0.2, 0.25) is 0 Å². The van der Waals surface area contributed by atoms with Crippen molar-refractivity contribution in [3.05, 3.63) is 65.5 Å². The Morgan fingerprint density at radius 2 is 2.08 bits per heavy atom. The summed E-state index contributed by atoms with van der Waals surface area (Å²) in [6.45, 7) is 1.64. The van der Waals surface area contributed by atoms with E-state index in [1.807, 2.05) is 6.07 Å². The second-order valence-corrected chi connectivity index (χ2v) is 5.78. The Morgan fingerprint density at radius 3 is 2.83 bits per heavy atom. The van der Waals surface area contributed by atoms with E-state index in [0.29, 0.717) is 24.5 Å². The minimum Gasteiger partial charge on any atom is -0.491 e. The van der Waals surface area contributed by atoms with Gasteiger partial charge in [-0.25, -0.2) is 4.39 Å². The van der Waals surface area contributed by atoms with Crippen LogP contribution in [0.4, 0.5) is 4.39 Å². The Kier molecular flexibility index (Phi) is 5.43. The minimum absolute atomic E-state index is 0.140. The molecule has 0 bridgehead atoms. The number of carbonyl (C=O) groups excluding carboxylic acids is 1. The maximum Gasteiger partial charge on any atom is 0.251 e. The van der Waals surface area contributed by atoms with Gasteiger partial charge in [-0.1, -0.05) is 18.2 Å². The number of amides is 1. The van der Waals surface area contributed by atoms with Gasteiger partial charge in [-0.3, -0.25) is 4.79 Å². The van der Waals surface area contributed by atoms with Crippen molar-refractivity contribution in [2.75, 3.05) is 13.2 Å². The molecule has 1 N–H and O–H groups in total. The SMILES string of the molecule is O=C(NCc1ccc(F)cc1)c1cccc(OCC2CCCO2)c1. The van der Waals surface area contributed by atoms with E-state index in [2.05, 4.69) is 5.32 Å². The Balaban J connectivity index is 1.54. The molecular weight excluding hydrogens is 309 g/mol. The van der Waals surface area contributed by atoms with Crippen LogP contribution in [0.2, 0.25) is 0 Å². The van der Waals surface area contributed by atoms with Crippen molar-refractivity contribution in [1.29, 1.82) is 0 Å². The van der Waals surface area contributed by atoms with E-state index in [0.717, 1.165) is 25.0 Å². The van der Waals surface area contributed by atoms with Crippen LogP contribution >= 0.6 is 0 Å². The molecule has 1 fully saturated rings. The van der Waals surface area contributed by atoms with Gasteiger partial charge < -0.3 is 14.8 Å². The van der Waals surface area contributed by atoms with Gasteiger partial charge in [-0.05, 0) is 48.7 Å². The van der Waals surface area contributed by atoms with Crippen molar-refractivity contribution in [3.8, 4) is 5.75 Å². The van der Waals surface area contributed by atoms with Crippen LogP contribution in [0.3, 0.4) is 0 Å². The van der Waals surface area contributed by atoms with Crippen LogP contribution in [0.25, 0.3) is 0 Å². The first kappa shape index (κ1) is 16.5. The number of nitrogens with one attached hydrogen (secondary N) is 1. The molecule has 1 heterocycles. The first-order valence-corrected chi connectivity index (χ1v) is 8.08. The average molecular weight is 329 g/mol. The lowest BCUT2D eigenvalue weighted by molar-refractivity contribution is 0.0679. The highest BCUT2D eigenvalue weighted by Gasteiger charge is 2.16. The van der Waals surface area contributed by atoms with Crippen LogP contribution in [-0.2, 0) is 11.3 Å². The van der Waals surface area contributed by atoms with Crippen molar-refractivity contribution < 1.29 is 18.7 Å². The van der Waals surface area contributed by atoms with Crippen molar-refractivity contribution in [3.63, 3.8) is 0 Å². The average Bonchev–Trinajstić information content (AvgIpc) is 3.13. The third-order valence-electron chi connectivity index (χ3n) is 3.92. The third kappa shape index (κ3) is 4.55. The maximum absolute atomic E-state index is 12.9. The predicted octanol–water partition coefficient (Wildman–Crippen LogP) is 3.31. The fraction of sp³-hybridized carbons (Fsp3) is 0.316. The molecule has 24 heavy (non-hydrogen) atoms. The topological polar surface area (TPSA) is 47.6 Å². The van der Waals surface area contributed by atoms with Gasteiger partial charge in [0.1, 0.15) is 18.2 Å². The van der Waals surface area contributed by atoms with Crippen LogP contribution in [0, 0.1) is 5.82 Å². The number of hydrogen-bond acceptors (Lipinski definition) is 3. The zero-order valence-electron chi connectivity index (χ0n) is 13.3. The molecule has 0 aliphatic carbocycles. The summed E-state index contributed by atoms with van der Waals surface area (Å²) in [7, 11) is 0. The highest BCUT2D eigenvalue weighted by atomic mass is 19.1. The van der Waals surface area contributed by atoms with Gasteiger partial charge in [0.25, 0.3) is 5.91 Å². The molecule has 4 nitrogen and oxygen atoms in total. The summed E-state index contributed by atoms with van der Waals surface area (Å²) in [5, 5.41) is 2.82. The van der Waals surface area contributed by atoms with E-state index >= 15 is 0 Å². The summed E-state index contributed by atoms with van der Waals surface area (Å²) in [5.74, 6) is 0.169. The van der Waals surface area contributed by atoms with Gasteiger partial charge in [0.05, 0.1) is 6.10 Å². The predicted molar refractivity (Wildman–Crippen MR) is 88.5 cm³/mol. The van der Waals surface area contributed by atoms with Crippen molar-refractivity contribution in [1.82, 2.24) is 5.32 Å². The van der Waals surface area contributed by atoms with Crippen LogP contribution < -0.4 is 10.1 Å². The van der Waals surface area contributed by atoms with Gasteiger partial charge in [0, 0.05) is 18.7 Å². The summed E-state index contributed by atoms with van der Waals surface area (Å²) in [6, 6.07) is 13.1. The lowest BCUT2D eigenvalue weighted by Gasteiger charge is -2.12. The smallest absolute Gasteiger partial charge is 0.251 e. The highest BCUT2D eigenvalue weighted by molar-refractivity contribution is 5.94. The normalized spacial score (nSPS) is 16.8. The van der Waals surface area contributed by atoms with E-state index in [9.17, 15) is 9.18 Å². The number of carbonyl (C=O) groups is 1. The zero-order chi connectivity index (χ0) is 16.8. The molecule has 0 spiro atoms. The fourth-order valence-electron chi connectivity index (χ4n) is 2.58. The van der Waals surface area contributed by atoms with E-state index in [4.69, 9.17) is 9.47 Å². The molecule has 1 unspecified atom stereocenters. The van der Waals surface area contributed by atoms with Crippen molar-refractivity contribution in [2.45, 2.75) is 25.5 Å². The lowest BCUT2D eigenvalue weighted by atomic mass is 10.2. The van der Waals surface area contributed by atoms with Crippen LogP contribution in [0.5, 0.6) is 5.75 Å². The Hall–Kier alpha value is -2.40. The minimum atomic E-state index is -0.291. The quantitative estimate of drug-likeness (QED) is 0.884. The number of halogens is 1. The van der Waals surface area contributed by atoms with Gasteiger partial charge in [-0.15, -0.1) is 0 Å². The first-order chi connectivity index (χ1) is 11.7. The van der Waals surface area contributed by atoms with Crippen molar-refractivity contribution >= 4 is 5.91 Å². The monoisotopic (exact) mass is 329 g/mol. The maximum atomic E-state index is 12.9. The highest BCUT2D eigenvalue weighted by Crippen LogP contribution is 2.17. The Labute approximate surface area is 140 Å². The summed E-state index contributed by atoms with van der Waals surface area (Å²) >= 11 is 0. The molecule has 1 aliphatic rings. The number of ether oxygens (including phenoxy) is 2. The molecule has 0 aromatic heterocycles.